The number of amides is 3. The maximum absolute atomic E-state index is 14.8. The molecule has 1 N–H and O–H groups in total. The maximum Gasteiger partial charge on any atom is 0.247 e. The molecule has 0 saturated carbocycles. The van der Waals surface area contributed by atoms with Crippen molar-refractivity contribution in [2.24, 2.45) is 17.8 Å². The van der Waals surface area contributed by atoms with Gasteiger partial charge in [-0.3, -0.25) is 14.4 Å². The Hall–Kier alpha value is -2.10. The van der Waals surface area contributed by atoms with Crippen molar-refractivity contribution in [3.05, 3.63) is 61.2 Å². The van der Waals surface area contributed by atoms with Crippen LogP contribution < -0.4 is 0 Å². The monoisotopic (exact) mass is 673 g/mol. The number of aliphatic hydroxyl groups excluding tert-OH is 1. The van der Waals surface area contributed by atoms with Crippen LogP contribution in [-0.4, -0.2) is 90.2 Å². The molecule has 1 aromatic carbocycles. The number of nitrogens with zero attached hydrogens (tertiary/aromatic N) is 3. The Morgan fingerprint density at radius 2 is 1.84 bits per heavy atom. The van der Waals surface area contributed by atoms with E-state index >= 15 is 0 Å². The molecule has 0 aliphatic carbocycles. The summed E-state index contributed by atoms with van der Waals surface area (Å²) in [6.45, 7) is 17.0. The number of aliphatic hydroxyl groups is 1. The van der Waals surface area contributed by atoms with Crippen LogP contribution in [0.15, 0.2) is 55.6 Å². The van der Waals surface area contributed by atoms with Crippen LogP contribution in [0, 0.1) is 17.8 Å². The van der Waals surface area contributed by atoms with Crippen molar-refractivity contribution >= 4 is 45.4 Å². The standard InChI is InChI=1S/C34H48BrN3O4S/c1-7-14-23(6)37(18-9-3)33(42)30-34-19-25(35)29(43-34)27(28(34)32(41)38(30)26(21-39)22(5)10-4)31(40)36(17-8-2)20-24-15-12-11-13-16-24/h8-9,11-13,15-16,22-23,25-30,39H,2-3,7,10,14,17-21H2,1,4-6H3/t22-,23?,25?,26-,27+,28-,29+,30?,34?/m0/s1. The van der Waals surface area contributed by atoms with E-state index in [4.69, 9.17) is 0 Å². The van der Waals surface area contributed by atoms with Crippen LogP contribution >= 0.6 is 27.7 Å². The number of hydrogen-bond donors (Lipinski definition) is 1. The van der Waals surface area contributed by atoms with E-state index in [0.29, 0.717) is 26.1 Å². The van der Waals surface area contributed by atoms with Crippen molar-refractivity contribution in [3.63, 3.8) is 0 Å². The van der Waals surface area contributed by atoms with E-state index in [9.17, 15) is 19.5 Å². The second-order valence-electron chi connectivity index (χ2n) is 12.5. The highest BCUT2D eigenvalue weighted by Gasteiger charge is 2.76. The predicted octanol–water partition coefficient (Wildman–Crippen LogP) is 5.28. The number of rotatable bonds is 15. The van der Waals surface area contributed by atoms with Crippen molar-refractivity contribution < 1.29 is 19.5 Å². The van der Waals surface area contributed by atoms with Crippen LogP contribution in [-0.2, 0) is 20.9 Å². The van der Waals surface area contributed by atoms with Gasteiger partial charge >= 0.3 is 0 Å². The Morgan fingerprint density at radius 3 is 2.42 bits per heavy atom. The Bertz CT molecular complexity index is 1180. The molecule has 1 spiro atoms. The molecular formula is C34H48BrN3O4S. The number of carbonyl (C=O) groups excluding carboxylic acids is 3. The van der Waals surface area contributed by atoms with Gasteiger partial charge in [0.05, 0.1) is 29.2 Å². The number of benzene rings is 1. The fourth-order valence-electron chi connectivity index (χ4n) is 7.56. The molecule has 3 heterocycles. The van der Waals surface area contributed by atoms with Gasteiger partial charge < -0.3 is 19.8 Å². The predicted molar refractivity (Wildman–Crippen MR) is 178 cm³/mol. The molecule has 236 valence electrons. The topological polar surface area (TPSA) is 81.2 Å². The molecule has 9 atom stereocenters. The van der Waals surface area contributed by atoms with E-state index in [-0.39, 0.29) is 46.4 Å². The molecule has 3 saturated heterocycles. The van der Waals surface area contributed by atoms with Gasteiger partial charge in [0.15, 0.2) is 0 Å². The number of thioether (sulfide) groups is 1. The summed E-state index contributed by atoms with van der Waals surface area (Å²) in [5.41, 5.74) is 1.01. The van der Waals surface area contributed by atoms with Gasteiger partial charge in [-0.15, -0.1) is 24.9 Å². The lowest BCUT2D eigenvalue weighted by Crippen LogP contribution is -2.60. The quantitative estimate of drug-likeness (QED) is 0.203. The average Bonchev–Trinajstić information content (AvgIpc) is 3.59. The Kier molecular flexibility index (Phi) is 11.3. The Morgan fingerprint density at radius 1 is 1.16 bits per heavy atom. The first-order valence-corrected chi connectivity index (χ1v) is 17.5. The fraction of sp³-hybridized carbons (Fsp3) is 0.618. The van der Waals surface area contributed by atoms with Gasteiger partial charge in [0, 0.05) is 35.8 Å². The van der Waals surface area contributed by atoms with Gasteiger partial charge in [-0.2, -0.15) is 0 Å². The largest absolute Gasteiger partial charge is 0.394 e. The van der Waals surface area contributed by atoms with E-state index in [1.165, 1.54) is 0 Å². The maximum atomic E-state index is 14.8. The second-order valence-corrected chi connectivity index (χ2v) is 15.2. The molecule has 43 heavy (non-hydrogen) atoms. The van der Waals surface area contributed by atoms with Gasteiger partial charge in [0.1, 0.15) is 6.04 Å². The molecule has 3 fully saturated rings. The average molecular weight is 675 g/mol. The first-order valence-electron chi connectivity index (χ1n) is 15.7. The third kappa shape index (κ3) is 6.10. The highest BCUT2D eigenvalue weighted by molar-refractivity contribution is 9.09. The van der Waals surface area contributed by atoms with Gasteiger partial charge in [-0.25, -0.2) is 0 Å². The van der Waals surface area contributed by atoms with Crippen LogP contribution in [0.2, 0.25) is 0 Å². The zero-order chi connectivity index (χ0) is 31.5. The van der Waals surface area contributed by atoms with Crippen LogP contribution in [0.5, 0.6) is 0 Å². The molecular weight excluding hydrogens is 626 g/mol. The number of alkyl halides is 1. The van der Waals surface area contributed by atoms with Crippen molar-refractivity contribution in [2.45, 2.75) is 92.9 Å². The van der Waals surface area contributed by atoms with Crippen molar-refractivity contribution in [1.29, 1.82) is 0 Å². The minimum absolute atomic E-state index is 0.0214. The van der Waals surface area contributed by atoms with E-state index in [2.05, 4.69) is 42.9 Å². The summed E-state index contributed by atoms with van der Waals surface area (Å²) in [7, 11) is 0. The highest BCUT2D eigenvalue weighted by Crippen LogP contribution is 2.68. The number of halogens is 1. The third-order valence-electron chi connectivity index (χ3n) is 9.82. The summed E-state index contributed by atoms with van der Waals surface area (Å²) in [4.78, 5) is 49.4. The highest BCUT2D eigenvalue weighted by atomic mass is 79.9. The molecule has 4 rings (SSSR count). The van der Waals surface area contributed by atoms with Gasteiger partial charge in [0.2, 0.25) is 17.7 Å². The normalized spacial score (nSPS) is 29.6. The summed E-state index contributed by atoms with van der Waals surface area (Å²) in [6, 6.07) is 8.52. The molecule has 3 amide bonds. The van der Waals surface area contributed by atoms with E-state index in [1.807, 2.05) is 49.1 Å². The molecule has 3 aliphatic heterocycles. The Labute approximate surface area is 270 Å². The number of carbonyl (C=O) groups is 3. The fourth-order valence-corrected chi connectivity index (χ4v) is 11.1. The molecule has 1 aromatic rings. The van der Waals surface area contributed by atoms with Crippen LogP contribution in [0.3, 0.4) is 0 Å². The summed E-state index contributed by atoms with van der Waals surface area (Å²) >= 11 is 5.54. The number of fused-ring (bicyclic) bond motifs is 1. The van der Waals surface area contributed by atoms with Crippen LogP contribution in [0.1, 0.15) is 58.9 Å². The lowest BCUT2D eigenvalue weighted by atomic mass is 9.70. The Balaban J connectivity index is 1.81. The van der Waals surface area contributed by atoms with Crippen LogP contribution in [0.25, 0.3) is 0 Å². The number of likely N-dealkylation sites (tertiary alicyclic amines) is 1. The van der Waals surface area contributed by atoms with Gasteiger partial charge in [0.25, 0.3) is 0 Å². The summed E-state index contributed by atoms with van der Waals surface area (Å²) in [5, 5.41) is 10.5. The molecule has 0 radical (unpaired) electrons. The summed E-state index contributed by atoms with van der Waals surface area (Å²) < 4.78 is -0.772. The van der Waals surface area contributed by atoms with Crippen molar-refractivity contribution in [1.82, 2.24) is 14.7 Å². The van der Waals surface area contributed by atoms with Gasteiger partial charge in [-0.05, 0) is 31.2 Å². The number of hydrogen-bond acceptors (Lipinski definition) is 5. The smallest absolute Gasteiger partial charge is 0.247 e. The zero-order valence-electron chi connectivity index (χ0n) is 26.0. The first-order chi connectivity index (χ1) is 20.6. The molecule has 2 bridgehead atoms. The summed E-state index contributed by atoms with van der Waals surface area (Å²) in [5.74, 6) is -1.61. The van der Waals surface area contributed by atoms with E-state index < -0.39 is 28.7 Å². The molecule has 0 aromatic heterocycles. The van der Waals surface area contributed by atoms with Crippen molar-refractivity contribution in [3.8, 4) is 0 Å². The lowest BCUT2D eigenvalue weighted by molar-refractivity contribution is -0.148. The minimum Gasteiger partial charge on any atom is -0.394 e. The van der Waals surface area contributed by atoms with Gasteiger partial charge in [-0.1, -0.05) is 92.0 Å². The van der Waals surface area contributed by atoms with Crippen LogP contribution in [0.4, 0.5) is 0 Å². The first kappa shape index (κ1) is 33.8. The second kappa shape index (κ2) is 14.3. The van der Waals surface area contributed by atoms with E-state index in [0.717, 1.165) is 24.8 Å². The van der Waals surface area contributed by atoms with Crippen molar-refractivity contribution in [2.75, 3.05) is 19.7 Å². The molecule has 3 aliphatic rings. The minimum atomic E-state index is -0.773. The SMILES string of the molecule is C=CCN(Cc1ccccc1)C(=O)[C@H]1[C@@H]2SC3(CC2Br)C(C(=O)N(CC=C)C(C)CCC)N([C@@H](CO)[C@@H](C)CC)C(=O)[C@H]13. The lowest BCUT2D eigenvalue weighted by Gasteiger charge is -2.42. The molecule has 7 nitrogen and oxygen atoms in total. The third-order valence-corrected chi connectivity index (χ3v) is 13.0. The molecule has 9 heteroatoms. The van der Waals surface area contributed by atoms with E-state index in [1.54, 1.807) is 33.7 Å². The zero-order valence-corrected chi connectivity index (χ0v) is 28.4. The molecule has 4 unspecified atom stereocenters. The summed E-state index contributed by atoms with van der Waals surface area (Å²) in [6.07, 6.45) is 6.59.